The van der Waals surface area contributed by atoms with E-state index in [1.165, 1.54) is 20.2 Å². The van der Waals surface area contributed by atoms with Gasteiger partial charge in [-0.2, -0.15) is 0 Å². The van der Waals surface area contributed by atoms with Crippen LogP contribution in [0.4, 0.5) is 0 Å². The first-order valence-corrected chi connectivity index (χ1v) is 7.23. The number of thiophene rings is 1. The van der Waals surface area contributed by atoms with Crippen molar-refractivity contribution in [1.82, 2.24) is 0 Å². The SMILES string of the molecule is CC(O)(CN)Cc1ccc2sc3ccccc3c2c1. The number of hydrogen-bond acceptors (Lipinski definition) is 3. The minimum absolute atomic E-state index is 0.273. The van der Waals surface area contributed by atoms with E-state index in [0.717, 1.165) is 5.56 Å². The van der Waals surface area contributed by atoms with E-state index >= 15 is 0 Å². The topological polar surface area (TPSA) is 46.2 Å². The number of nitrogens with two attached hydrogens (primary N) is 1. The maximum absolute atomic E-state index is 10.1. The van der Waals surface area contributed by atoms with Crippen LogP contribution in [0.15, 0.2) is 42.5 Å². The summed E-state index contributed by atoms with van der Waals surface area (Å²) in [7, 11) is 0. The molecule has 3 rings (SSSR count). The van der Waals surface area contributed by atoms with Gasteiger partial charge in [0.05, 0.1) is 5.60 Å². The lowest BCUT2D eigenvalue weighted by Gasteiger charge is -2.20. The molecule has 0 radical (unpaired) electrons. The van der Waals surface area contributed by atoms with Gasteiger partial charge < -0.3 is 10.8 Å². The minimum atomic E-state index is -0.834. The molecule has 19 heavy (non-hydrogen) atoms. The molecule has 0 fully saturated rings. The van der Waals surface area contributed by atoms with Crippen LogP contribution in [0.5, 0.6) is 0 Å². The molecule has 1 atom stereocenters. The van der Waals surface area contributed by atoms with E-state index in [-0.39, 0.29) is 6.54 Å². The maximum atomic E-state index is 10.1. The van der Waals surface area contributed by atoms with Crippen LogP contribution in [0.1, 0.15) is 12.5 Å². The highest BCUT2D eigenvalue weighted by Gasteiger charge is 2.19. The first-order chi connectivity index (χ1) is 9.09. The number of rotatable bonds is 3. The Morgan fingerprint density at radius 3 is 2.63 bits per heavy atom. The second-order valence-electron chi connectivity index (χ2n) is 5.31. The molecule has 2 aromatic carbocycles. The van der Waals surface area contributed by atoms with E-state index < -0.39 is 5.60 Å². The Kier molecular flexibility index (Phi) is 3.05. The van der Waals surface area contributed by atoms with Gasteiger partial charge in [0, 0.05) is 33.1 Å². The smallest absolute Gasteiger partial charge is 0.0781 e. The third kappa shape index (κ3) is 2.37. The summed E-state index contributed by atoms with van der Waals surface area (Å²) in [5.74, 6) is 0. The molecule has 2 nitrogen and oxygen atoms in total. The van der Waals surface area contributed by atoms with Gasteiger partial charge in [0.25, 0.3) is 0 Å². The van der Waals surface area contributed by atoms with Crippen LogP contribution >= 0.6 is 11.3 Å². The van der Waals surface area contributed by atoms with Crippen LogP contribution in [0.2, 0.25) is 0 Å². The highest BCUT2D eigenvalue weighted by molar-refractivity contribution is 7.25. The van der Waals surface area contributed by atoms with Crippen molar-refractivity contribution in [3.05, 3.63) is 48.0 Å². The molecule has 3 aromatic rings. The molecule has 0 spiro atoms. The first-order valence-electron chi connectivity index (χ1n) is 6.42. The minimum Gasteiger partial charge on any atom is -0.389 e. The van der Waals surface area contributed by atoms with Gasteiger partial charge >= 0.3 is 0 Å². The molecule has 0 aliphatic rings. The molecule has 3 N–H and O–H groups in total. The van der Waals surface area contributed by atoms with Crippen molar-refractivity contribution in [2.24, 2.45) is 5.73 Å². The van der Waals surface area contributed by atoms with Crippen molar-refractivity contribution < 1.29 is 5.11 Å². The summed E-state index contributed by atoms with van der Waals surface area (Å²) in [6, 6.07) is 14.8. The zero-order chi connectivity index (χ0) is 13.5. The summed E-state index contributed by atoms with van der Waals surface area (Å²) < 4.78 is 2.59. The number of fused-ring (bicyclic) bond motifs is 3. The van der Waals surface area contributed by atoms with E-state index in [1.54, 1.807) is 18.3 Å². The van der Waals surface area contributed by atoms with E-state index in [0.29, 0.717) is 6.42 Å². The second-order valence-corrected chi connectivity index (χ2v) is 6.39. The summed E-state index contributed by atoms with van der Waals surface area (Å²) in [4.78, 5) is 0. The Hall–Kier alpha value is -1.42. The molecule has 1 unspecified atom stereocenters. The Morgan fingerprint density at radius 2 is 1.84 bits per heavy atom. The lowest BCUT2D eigenvalue weighted by atomic mass is 9.96. The third-order valence-corrected chi connectivity index (χ3v) is 4.62. The molecule has 0 amide bonds. The standard InChI is InChI=1S/C16H17NOS/c1-16(18,10-17)9-11-6-7-15-13(8-11)12-4-2-3-5-14(12)19-15/h2-8,18H,9-10,17H2,1H3. The fourth-order valence-corrected chi connectivity index (χ4v) is 3.48. The Labute approximate surface area is 116 Å². The van der Waals surface area contributed by atoms with Gasteiger partial charge in [0.15, 0.2) is 0 Å². The maximum Gasteiger partial charge on any atom is 0.0781 e. The molecule has 98 valence electrons. The predicted octanol–water partition coefficient (Wildman–Crippen LogP) is 3.31. The lowest BCUT2D eigenvalue weighted by molar-refractivity contribution is 0.0697. The zero-order valence-corrected chi connectivity index (χ0v) is 11.7. The zero-order valence-electron chi connectivity index (χ0n) is 10.9. The Bertz CT molecular complexity index is 730. The molecule has 1 aromatic heterocycles. The number of benzene rings is 2. The quantitative estimate of drug-likeness (QED) is 0.767. The lowest BCUT2D eigenvalue weighted by Crippen LogP contribution is -2.36. The van der Waals surface area contributed by atoms with E-state index in [4.69, 9.17) is 5.73 Å². The summed E-state index contributed by atoms with van der Waals surface area (Å²) in [6.45, 7) is 2.05. The van der Waals surface area contributed by atoms with Crippen molar-refractivity contribution in [3.8, 4) is 0 Å². The second kappa shape index (κ2) is 4.60. The van der Waals surface area contributed by atoms with Crippen LogP contribution in [-0.2, 0) is 6.42 Å². The molecular formula is C16H17NOS. The van der Waals surface area contributed by atoms with Gasteiger partial charge in [-0.25, -0.2) is 0 Å². The summed E-state index contributed by atoms with van der Waals surface area (Å²) in [5.41, 5.74) is 5.89. The van der Waals surface area contributed by atoms with Crippen molar-refractivity contribution in [3.63, 3.8) is 0 Å². The van der Waals surface area contributed by atoms with E-state index in [2.05, 4.69) is 42.5 Å². The van der Waals surface area contributed by atoms with E-state index in [9.17, 15) is 5.11 Å². The van der Waals surface area contributed by atoms with Gasteiger partial charge in [-0.1, -0.05) is 24.3 Å². The average molecular weight is 271 g/mol. The molecule has 0 saturated heterocycles. The first kappa shape index (κ1) is 12.6. The summed E-state index contributed by atoms with van der Waals surface area (Å²) in [5, 5.41) is 12.6. The van der Waals surface area contributed by atoms with Gasteiger partial charge in [-0.15, -0.1) is 11.3 Å². The van der Waals surface area contributed by atoms with Gasteiger partial charge in [-0.3, -0.25) is 0 Å². The van der Waals surface area contributed by atoms with Crippen LogP contribution in [0, 0.1) is 0 Å². The van der Waals surface area contributed by atoms with Gasteiger partial charge in [-0.05, 0) is 30.7 Å². The molecule has 3 heteroatoms. The fraction of sp³-hybridized carbons (Fsp3) is 0.250. The molecule has 0 bridgehead atoms. The van der Waals surface area contributed by atoms with E-state index in [1.807, 2.05) is 0 Å². The predicted molar refractivity (Wildman–Crippen MR) is 82.7 cm³/mol. The largest absolute Gasteiger partial charge is 0.389 e. The number of hydrogen-bond donors (Lipinski definition) is 2. The van der Waals surface area contributed by atoms with Crippen LogP contribution < -0.4 is 5.73 Å². The fourth-order valence-electron chi connectivity index (χ4n) is 2.40. The molecular weight excluding hydrogens is 254 g/mol. The Balaban J connectivity index is 2.12. The van der Waals surface area contributed by atoms with Crippen LogP contribution in [0.3, 0.4) is 0 Å². The average Bonchev–Trinajstić information content (AvgIpc) is 2.76. The van der Waals surface area contributed by atoms with Crippen molar-refractivity contribution in [2.45, 2.75) is 18.9 Å². The third-order valence-electron chi connectivity index (χ3n) is 3.47. The molecule has 0 aliphatic carbocycles. The van der Waals surface area contributed by atoms with Gasteiger partial charge in [0.1, 0.15) is 0 Å². The number of aliphatic hydroxyl groups is 1. The van der Waals surface area contributed by atoms with Crippen molar-refractivity contribution in [2.75, 3.05) is 6.54 Å². The normalized spacial score (nSPS) is 14.9. The summed E-state index contributed by atoms with van der Waals surface area (Å²) >= 11 is 1.81. The van der Waals surface area contributed by atoms with Crippen LogP contribution in [0.25, 0.3) is 20.2 Å². The molecule has 0 saturated carbocycles. The van der Waals surface area contributed by atoms with Gasteiger partial charge in [0.2, 0.25) is 0 Å². The molecule has 0 aliphatic heterocycles. The Morgan fingerprint density at radius 1 is 1.11 bits per heavy atom. The highest BCUT2D eigenvalue weighted by atomic mass is 32.1. The highest BCUT2D eigenvalue weighted by Crippen LogP contribution is 2.34. The molecule has 1 heterocycles. The van der Waals surface area contributed by atoms with Crippen LogP contribution in [-0.4, -0.2) is 17.3 Å². The van der Waals surface area contributed by atoms with Crippen molar-refractivity contribution in [1.29, 1.82) is 0 Å². The monoisotopic (exact) mass is 271 g/mol. The summed E-state index contributed by atoms with van der Waals surface area (Å²) in [6.07, 6.45) is 0.587. The van der Waals surface area contributed by atoms with Crippen molar-refractivity contribution >= 4 is 31.5 Å².